The lowest BCUT2D eigenvalue weighted by Gasteiger charge is -2.36. The van der Waals surface area contributed by atoms with Crippen LogP contribution in [-0.2, 0) is 6.42 Å². The van der Waals surface area contributed by atoms with Gasteiger partial charge in [-0.15, -0.1) is 0 Å². The van der Waals surface area contributed by atoms with Crippen LogP contribution in [0.2, 0.25) is 0 Å². The number of hydrogen-bond acceptors (Lipinski definition) is 5. The van der Waals surface area contributed by atoms with Crippen LogP contribution in [0.4, 0.5) is 5.13 Å². The Morgan fingerprint density at radius 1 is 1.30 bits per heavy atom. The lowest BCUT2D eigenvalue weighted by molar-refractivity contribution is 0.588. The molecule has 1 aliphatic heterocycles. The van der Waals surface area contributed by atoms with Gasteiger partial charge in [0.05, 0.1) is 6.04 Å². The molecule has 1 saturated carbocycles. The third kappa shape index (κ3) is 2.01. The molecule has 2 heterocycles. The molecule has 1 atom stereocenters. The first-order valence-corrected chi connectivity index (χ1v) is 8.02. The molecule has 1 aromatic heterocycles. The van der Waals surface area contributed by atoms with Crippen LogP contribution >= 0.6 is 11.5 Å². The quantitative estimate of drug-likeness (QED) is 0.942. The first kappa shape index (κ1) is 12.3. The van der Waals surface area contributed by atoms with Gasteiger partial charge >= 0.3 is 0 Å². The highest BCUT2D eigenvalue weighted by Crippen LogP contribution is 2.41. The zero-order valence-electron chi connectivity index (χ0n) is 11.3. The first-order chi connectivity index (χ1) is 9.86. The monoisotopic (exact) mass is 286 g/mol. The third-order valence-electron chi connectivity index (χ3n) is 4.25. The number of aromatic nitrogens is 2. The van der Waals surface area contributed by atoms with Crippen molar-refractivity contribution < 1.29 is 0 Å². The Bertz CT molecular complexity index is 620. The van der Waals surface area contributed by atoms with Crippen molar-refractivity contribution in [3.63, 3.8) is 0 Å². The number of hydrogen-bond donors (Lipinski definition) is 1. The van der Waals surface area contributed by atoms with E-state index in [2.05, 4.69) is 33.5 Å². The molecular weight excluding hydrogens is 268 g/mol. The summed E-state index contributed by atoms with van der Waals surface area (Å²) < 4.78 is 4.53. The van der Waals surface area contributed by atoms with E-state index >= 15 is 0 Å². The maximum Gasteiger partial charge on any atom is 0.205 e. The molecule has 0 bridgehead atoms. The Hall–Kier alpha value is -1.46. The molecule has 0 saturated heterocycles. The summed E-state index contributed by atoms with van der Waals surface area (Å²) in [5, 5.41) is 1.04. The zero-order chi connectivity index (χ0) is 13.5. The van der Waals surface area contributed by atoms with Gasteiger partial charge in [0.2, 0.25) is 5.13 Å². The zero-order valence-corrected chi connectivity index (χ0v) is 12.1. The highest BCUT2D eigenvalue weighted by molar-refractivity contribution is 7.09. The van der Waals surface area contributed by atoms with Crippen molar-refractivity contribution in [1.82, 2.24) is 9.36 Å². The average Bonchev–Trinajstić information content (AvgIpc) is 3.24. The molecule has 4 rings (SSSR count). The predicted octanol–water partition coefficient (Wildman–Crippen LogP) is 2.48. The number of anilines is 1. The molecule has 5 heteroatoms. The second-order valence-electron chi connectivity index (χ2n) is 5.60. The molecule has 1 aromatic carbocycles. The topological polar surface area (TPSA) is 55.0 Å². The van der Waals surface area contributed by atoms with Crippen molar-refractivity contribution >= 4 is 16.7 Å². The van der Waals surface area contributed by atoms with Crippen LogP contribution in [-0.4, -0.2) is 22.4 Å². The number of nitrogens with two attached hydrogens (primary N) is 1. The molecule has 1 aliphatic carbocycles. The minimum atomic E-state index is 0.236. The van der Waals surface area contributed by atoms with E-state index in [4.69, 9.17) is 10.7 Å². The van der Waals surface area contributed by atoms with Crippen molar-refractivity contribution in [2.75, 3.05) is 18.0 Å². The molecule has 104 valence electrons. The highest BCUT2D eigenvalue weighted by Gasteiger charge is 2.32. The largest absolute Gasteiger partial charge is 0.338 e. The summed E-state index contributed by atoms with van der Waals surface area (Å²) >= 11 is 1.53. The fourth-order valence-electron chi connectivity index (χ4n) is 2.99. The van der Waals surface area contributed by atoms with Crippen molar-refractivity contribution in [3.8, 4) is 0 Å². The second-order valence-corrected chi connectivity index (χ2v) is 6.33. The summed E-state index contributed by atoms with van der Waals surface area (Å²) in [6.45, 7) is 1.60. The molecule has 20 heavy (non-hydrogen) atoms. The van der Waals surface area contributed by atoms with Gasteiger partial charge in [-0.1, -0.05) is 24.3 Å². The molecule has 0 spiro atoms. The summed E-state index contributed by atoms with van der Waals surface area (Å²) in [7, 11) is 0. The van der Waals surface area contributed by atoms with E-state index in [1.165, 1.54) is 35.5 Å². The van der Waals surface area contributed by atoms with Gasteiger partial charge in [0.25, 0.3) is 0 Å². The van der Waals surface area contributed by atoms with Crippen LogP contribution < -0.4 is 10.6 Å². The van der Waals surface area contributed by atoms with Crippen molar-refractivity contribution in [2.45, 2.75) is 31.2 Å². The normalized spacial score (nSPS) is 21.9. The van der Waals surface area contributed by atoms with Crippen LogP contribution in [0.25, 0.3) is 0 Å². The van der Waals surface area contributed by atoms with E-state index in [0.717, 1.165) is 23.9 Å². The Morgan fingerprint density at radius 2 is 2.15 bits per heavy atom. The van der Waals surface area contributed by atoms with Gasteiger partial charge < -0.3 is 10.6 Å². The van der Waals surface area contributed by atoms with Crippen LogP contribution in [0.15, 0.2) is 24.3 Å². The number of fused-ring (bicyclic) bond motifs is 1. The highest BCUT2D eigenvalue weighted by atomic mass is 32.1. The minimum Gasteiger partial charge on any atom is -0.338 e. The van der Waals surface area contributed by atoms with Crippen LogP contribution in [0.3, 0.4) is 0 Å². The molecule has 1 unspecified atom stereocenters. The van der Waals surface area contributed by atoms with E-state index in [0.29, 0.717) is 12.5 Å². The fourth-order valence-corrected chi connectivity index (χ4v) is 3.81. The molecular formula is C15H18N4S. The second kappa shape index (κ2) is 4.82. The summed E-state index contributed by atoms with van der Waals surface area (Å²) in [6, 6.07) is 8.85. The van der Waals surface area contributed by atoms with Gasteiger partial charge in [0, 0.05) is 30.5 Å². The molecule has 0 amide bonds. The Balaban J connectivity index is 1.67. The van der Waals surface area contributed by atoms with E-state index in [1.807, 2.05) is 0 Å². The lowest BCUT2D eigenvalue weighted by atomic mass is 9.93. The van der Waals surface area contributed by atoms with Gasteiger partial charge in [0.1, 0.15) is 5.82 Å². The van der Waals surface area contributed by atoms with Crippen LogP contribution in [0, 0.1) is 0 Å². The van der Waals surface area contributed by atoms with E-state index in [9.17, 15) is 0 Å². The van der Waals surface area contributed by atoms with Crippen molar-refractivity contribution in [2.24, 2.45) is 5.73 Å². The number of rotatable bonds is 3. The Kier molecular flexibility index (Phi) is 2.97. The smallest absolute Gasteiger partial charge is 0.205 e. The summed E-state index contributed by atoms with van der Waals surface area (Å²) in [4.78, 5) is 7.08. The Morgan fingerprint density at radius 3 is 2.95 bits per heavy atom. The summed E-state index contributed by atoms with van der Waals surface area (Å²) in [5.74, 6) is 1.66. The standard InChI is InChI=1S/C15H18N4S/c16-9-13-12-4-2-1-3-10(12)7-8-19(13)15-17-14(18-20-15)11-5-6-11/h1-4,11,13H,5-9,16H2. The van der Waals surface area contributed by atoms with Gasteiger partial charge in [0.15, 0.2) is 0 Å². The van der Waals surface area contributed by atoms with E-state index in [1.54, 1.807) is 0 Å². The van der Waals surface area contributed by atoms with Gasteiger partial charge in [-0.2, -0.15) is 4.37 Å². The minimum absolute atomic E-state index is 0.236. The predicted molar refractivity (Wildman–Crippen MR) is 81.2 cm³/mol. The Labute approximate surface area is 122 Å². The maximum absolute atomic E-state index is 6.04. The van der Waals surface area contributed by atoms with Crippen LogP contribution in [0.1, 0.15) is 41.8 Å². The third-order valence-corrected chi connectivity index (χ3v) is 5.02. The molecule has 2 aliphatic rings. The van der Waals surface area contributed by atoms with Gasteiger partial charge in [-0.05, 0) is 30.4 Å². The average molecular weight is 286 g/mol. The van der Waals surface area contributed by atoms with Gasteiger partial charge in [-0.25, -0.2) is 4.98 Å². The van der Waals surface area contributed by atoms with E-state index in [-0.39, 0.29) is 6.04 Å². The van der Waals surface area contributed by atoms with Crippen LogP contribution in [0.5, 0.6) is 0 Å². The van der Waals surface area contributed by atoms with Crippen molar-refractivity contribution in [1.29, 1.82) is 0 Å². The lowest BCUT2D eigenvalue weighted by Crippen LogP contribution is -2.39. The number of benzene rings is 1. The fraction of sp³-hybridized carbons (Fsp3) is 0.467. The maximum atomic E-state index is 6.04. The number of nitrogens with zero attached hydrogens (tertiary/aromatic N) is 3. The van der Waals surface area contributed by atoms with Gasteiger partial charge in [-0.3, -0.25) is 0 Å². The summed E-state index contributed by atoms with van der Waals surface area (Å²) in [6.07, 6.45) is 3.56. The molecule has 0 radical (unpaired) electrons. The molecule has 2 N–H and O–H groups in total. The SMILES string of the molecule is NCC1c2ccccc2CCN1c1nc(C2CC2)ns1. The summed E-state index contributed by atoms with van der Waals surface area (Å²) in [5.41, 5.74) is 8.81. The van der Waals surface area contributed by atoms with E-state index < -0.39 is 0 Å². The molecule has 1 fully saturated rings. The molecule has 4 nitrogen and oxygen atoms in total. The van der Waals surface area contributed by atoms with Crippen molar-refractivity contribution in [3.05, 3.63) is 41.2 Å². The first-order valence-electron chi connectivity index (χ1n) is 7.25. The molecule has 2 aromatic rings.